The van der Waals surface area contributed by atoms with Gasteiger partial charge in [-0.15, -0.1) is 0 Å². The maximum atomic E-state index is 13.2. The number of aliphatic hydroxyl groups is 4. The van der Waals surface area contributed by atoms with Crippen LogP contribution in [0.3, 0.4) is 0 Å². The number of ether oxygens (including phenoxy) is 2. The number of nitrogens with one attached hydrogen (secondary N) is 1. The van der Waals surface area contributed by atoms with Gasteiger partial charge in [0.05, 0.1) is 25.4 Å². The fourth-order valence-electron chi connectivity index (χ4n) is 12.5. The highest BCUT2D eigenvalue weighted by Gasteiger charge is 2.48. The van der Waals surface area contributed by atoms with Crippen LogP contribution in [0.1, 0.15) is 393 Å². The van der Waals surface area contributed by atoms with Crippen molar-refractivity contribution in [2.24, 2.45) is 0 Å². The Morgan fingerprint density at radius 2 is 0.690 bits per heavy atom. The van der Waals surface area contributed by atoms with E-state index in [0.29, 0.717) is 12.8 Å². The first-order valence-corrected chi connectivity index (χ1v) is 38.3. The van der Waals surface area contributed by atoms with Crippen molar-refractivity contribution < 1.29 is 51.8 Å². The molecular formula is C71H141NO11S. The molecule has 1 heterocycles. The third-order valence-electron chi connectivity index (χ3n) is 18.2. The van der Waals surface area contributed by atoms with Crippen molar-refractivity contribution in [2.75, 3.05) is 13.2 Å². The Morgan fingerprint density at radius 1 is 0.429 bits per heavy atom. The Hall–Kier alpha value is -0.900. The van der Waals surface area contributed by atoms with Crippen LogP contribution in [0.5, 0.6) is 0 Å². The van der Waals surface area contributed by atoms with E-state index < -0.39 is 59.9 Å². The van der Waals surface area contributed by atoms with E-state index in [4.69, 9.17) is 9.47 Å². The minimum atomic E-state index is -5.08. The SMILES string of the molecule is CCCCCCCCCCCCCCCCCCCCCCCCCCCCCCCCCCCCCC(=O)NC(COC1OC(CO)C(O)C(OS(=O)(=O)O)C1O)C(O)CCCCCCCCCCCCCCCCCCCCCCCC. The van der Waals surface area contributed by atoms with E-state index in [1.165, 1.54) is 315 Å². The predicted molar refractivity (Wildman–Crippen MR) is 352 cm³/mol. The number of amides is 1. The molecule has 7 unspecified atom stereocenters. The summed E-state index contributed by atoms with van der Waals surface area (Å²) in [6.45, 7) is 3.54. The Morgan fingerprint density at radius 3 is 0.952 bits per heavy atom. The normalized spacial score (nSPS) is 18.2. The first-order valence-electron chi connectivity index (χ1n) is 36.9. The van der Waals surface area contributed by atoms with Crippen LogP contribution in [0.4, 0.5) is 0 Å². The summed E-state index contributed by atoms with van der Waals surface area (Å²) >= 11 is 0. The van der Waals surface area contributed by atoms with Crippen LogP contribution >= 0.6 is 0 Å². The fourth-order valence-corrected chi connectivity index (χ4v) is 13.0. The van der Waals surface area contributed by atoms with Gasteiger partial charge < -0.3 is 35.2 Å². The second-order valence-electron chi connectivity index (χ2n) is 26.3. The number of carbonyl (C=O) groups excluding carboxylic acids is 1. The molecule has 12 nitrogen and oxygen atoms in total. The van der Waals surface area contributed by atoms with E-state index in [1.54, 1.807) is 0 Å². The number of unbranched alkanes of at least 4 members (excludes halogenated alkanes) is 55. The Kier molecular flexibility index (Phi) is 58.9. The summed E-state index contributed by atoms with van der Waals surface area (Å²) in [4.78, 5) is 13.2. The van der Waals surface area contributed by atoms with Crippen LogP contribution in [0.25, 0.3) is 0 Å². The highest BCUT2D eigenvalue weighted by Crippen LogP contribution is 2.27. The van der Waals surface area contributed by atoms with E-state index in [-0.39, 0.29) is 12.5 Å². The summed E-state index contributed by atoms with van der Waals surface area (Å²) in [6, 6.07) is -0.855. The van der Waals surface area contributed by atoms with E-state index in [0.717, 1.165) is 51.4 Å². The lowest BCUT2D eigenvalue weighted by Crippen LogP contribution is -2.61. The van der Waals surface area contributed by atoms with Crippen LogP contribution in [-0.4, -0.2) is 95.4 Å². The third kappa shape index (κ3) is 51.9. The standard InChI is InChI=1S/C71H141NO11S/c1-3-5-7-9-11-13-15-17-19-21-23-25-27-28-29-30-31-32-33-34-35-36-37-38-39-41-43-45-47-49-51-53-55-57-59-61-67(75)72-64(63-81-71-69(77)70(83-84(78,79)80)68(76)66(62-73)82-71)65(74)60-58-56-54-52-50-48-46-44-42-40-26-24-22-20-18-16-14-12-10-8-6-4-2/h64-66,68-71,73-74,76-77H,3-63H2,1-2H3,(H,72,75)(H,78,79,80). The predicted octanol–water partition coefficient (Wildman–Crippen LogP) is 19.5. The van der Waals surface area contributed by atoms with Crippen molar-refractivity contribution in [1.82, 2.24) is 5.32 Å². The molecule has 0 aromatic rings. The zero-order valence-corrected chi connectivity index (χ0v) is 56.1. The number of aliphatic hydroxyl groups excluding tert-OH is 4. The van der Waals surface area contributed by atoms with E-state index in [9.17, 15) is 38.2 Å². The van der Waals surface area contributed by atoms with Gasteiger partial charge in [-0.05, 0) is 12.8 Å². The Balaban J connectivity index is 2.17. The molecule has 1 aliphatic rings. The highest BCUT2D eigenvalue weighted by molar-refractivity contribution is 7.80. The molecule has 84 heavy (non-hydrogen) atoms. The largest absolute Gasteiger partial charge is 0.397 e. The van der Waals surface area contributed by atoms with Gasteiger partial charge in [0.15, 0.2) is 6.29 Å². The molecule has 1 aliphatic heterocycles. The van der Waals surface area contributed by atoms with E-state index in [2.05, 4.69) is 23.3 Å². The molecule has 1 fully saturated rings. The van der Waals surface area contributed by atoms with Crippen LogP contribution in [0.2, 0.25) is 0 Å². The third-order valence-corrected chi connectivity index (χ3v) is 18.6. The molecular weight excluding hydrogens is 1070 g/mol. The van der Waals surface area contributed by atoms with E-state index in [1.807, 2.05) is 0 Å². The van der Waals surface area contributed by atoms with Gasteiger partial charge in [-0.1, -0.05) is 373 Å². The Bertz CT molecular complexity index is 1470. The second-order valence-corrected chi connectivity index (χ2v) is 27.3. The summed E-state index contributed by atoms with van der Waals surface area (Å²) in [6.07, 6.45) is 67.3. The van der Waals surface area contributed by atoms with Crippen molar-refractivity contribution in [3.8, 4) is 0 Å². The van der Waals surface area contributed by atoms with Gasteiger partial charge in [-0.3, -0.25) is 9.35 Å². The number of rotatable bonds is 67. The fraction of sp³-hybridized carbons (Fsp3) is 0.986. The lowest BCUT2D eigenvalue weighted by molar-refractivity contribution is -0.298. The molecule has 502 valence electrons. The maximum absolute atomic E-state index is 13.2. The van der Waals surface area contributed by atoms with Crippen LogP contribution < -0.4 is 5.32 Å². The van der Waals surface area contributed by atoms with Gasteiger partial charge in [-0.2, -0.15) is 8.42 Å². The van der Waals surface area contributed by atoms with Gasteiger partial charge in [0.2, 0.25) is 5.91 Å². The second kappa shape index (κ2) is 61.0. The minimum absolute atomic E-state index is 0.218. The Labute approximate surface area is 519 Å². The zero-order chi connectivity index (χ0) is 61.1. The summed E-state index contributed by atoms with van der Waals surface area (Å²) < 4.78 is 48.2. The van der Waals surface area contributed by atoms with Crippen molar-refractivity contribution in [2.45, 2.75) is 436 Å². The van der Waals surface area contributed by atoms with E-state index >= 15 is 0 Å². The smallest absolute Gasteiger partial charge is 0.394 e. The van der Waals surface area contributed by atoms with Crippen LogP contribution in [-0.2, 0) is 28.9 Å². The van der Waals surface area contributed by atoms with Gasteiger partial charge >= 0.3 is 10.4 Å². The average Bonchev–Trinajstić information content (AvgIpc) is 3.68. The maximum Gasteiger partial charge on any atom is 0.397 e. The lowest BCUT2D eigenvalue weighted by Gasteiger charge is -2.41. The lowest BCUT2D eigenvalue weighted by atomic mass is 9.99. The molecule has 1 rings (SSSR count). The van der Waals surface area contributed by atoms with Crippen molar-refractivity contribution >= 4 is 16.3 Å². The number of hydrogen-bond donors (Lipinski definition) is 6. The van der Waals surface area contributed by atoms with Gasteiger partial charge in [0.1, 0.15) is 24.4 Å². The molecule has 1 amide bonds. The molecule has 7 atom stereocenters. The molecule has 13 heteroatoms. The molecule has 1 saturated heterocycles. The van der Waals surface area contributed by atoms with Gasteiger partial charge in [0.25, 0.3) is 0 Å². The summed E-state index contributed by atoms with van der Waals surface area (Å²) in [5, 5.41) is 45.4. The molecule has 0 radical (unpaired) electrons. The number of hydrogen-bond acceptors (Lipinski definition) is 10. The van der Waals surface area contributed by atoms with Crippen LogP contribution in [0.15, 0.2) is 0 Å². The average molecular weight is 1220 g/mol. The first kappa shape index (κ1) is 81.1. The van der Waals surface area contributed by atoms with Crippen molar-refractivity contribution in [3.63, 3.8) is 0 Å². The zero-order valence-electron chi connectivity index (χ0n) is 55.3. The molecule has 0 saturated carbocycles. The topological polar surface area (TPSA) is 192 Å². The quantitative estimate of drug-likeness (QED) is 0.0251. The van der Waals surface area contributed by atoms with Crippen LogP contribution in [0, 0.1) is 0 Å². The van der Waals surface area contributed by atoms with Gasteiger partial charge in [-0.25, -0.2) is 4.18 Å². The monoisotopic (exact) mass is 1220 g/mol. The summed E-state index contributed by atoms with van der Waals surface area (Å²) in [5.74, 6) is -0.218. The number of carbonyl (C=O) groups is 1. The molecule has 6 N–H and O–H groups in total. The summed E-state index contributed by atoms with van der Waals surface area (Å²) in [5.41, 5.74) is 0. The van der Waals surface area contributed by atoms with Crippen molar-refractivity contribution in [3.05, 3.63) is 0 Å². The first-order chi connectivity index (χ1) is 41.0. The molecule has 0 aliphatic carbocycles. The highest BCUT2D eigenvalue weighted by atomic mass is 32.3. The molecule has 0 aromatic heterocycles. The van der Waals surface area contributed by atoms with Gasteiger partial charge in [0, 0.05) is 6.42 Å². The van der Waals surface area contributed by atoms with Crippen molar-refractivity contribution in [1.29, 1.82) is 0 Å². The minimum Gasteiger partial charge on any atom is -0.394 e. The summed E-state index contributed by atoms with van der Waals surface area (Å²) in [7, 11) is -5.08. The molecule has 0 spiro atoms. The molecule has 0 aromatic carbocycles. The molecule has 0 bridgehead atoms.